The molecule has 0 aromatic carbocycles. The minimum absolute atomic E-state index is 1.01. The van der Waals surface area contributed by atoms with Crippen molar-refractivity contribution >= 4 is 6.21 Å². The summed E-state index contributed by atoms with van der Waals surface area (Å²) in [7, 11) is 1.73. The molecule has 0 spiro atoms. The predicted molar refractivity (Wildman–Crippen MR) is 32.1 cm³/mol. The molecule has 0 aliphatic carbocycles. The fraction of sp³-hybridized carbons (Fsp3) is 0.200. The zero-order valence-corrected chi connectivity index (χ0v) is 4.63. The molecule has 1 N–H and O–H groups in total. The fourth-order valence-corrected chi connectivity index (χ4v) is 0.481. The molecule has 0 saturated heterocycles. The molecule has 1 rings (SSSR count). The van der Waals surface area contributed by atoms with Crippen molar-refractivity contribution in [3.05, 3.63) is 18.0 Å². The summed E-state index contributed by atoms with van der Waals surface area (Å²) in [5, 5.41) is 6.40. The number of aliphatic imine (C=N–C) groups is 1. The molecule has 8 heavy (non-hydrogen) atoms. The Kier molecular flexibility index (Phi) is 1.42. The van der Waals surface area contributed by atoms with E-state index in [0.717, 1.165) is 5.56 Å². The number of rotatable bonds is 1. The summed E-state index contributed by atoms with van der Waals surface area (Å²) >= 11 is 0. The highest BCUT2D eigenvalue weighted by Gasteiger charge is 1.81. The van der Waals surface area contributed by atoms with E-state index in [-0.39, 0.29) is 0 Å². The summed E-state index contributed by atoms with van der Waals surface area (Å²) in [5.74, 6) is 0. The normalized spacial score (nSPS) is 10.6. The van der Waals surface area contributed by atoms with Crippen LogP contribution in [-0.4, -0.2) is 23.5 Å². The van der Waals surface area contributed by atoms with E-state index in [1.807, 2.05) is 0 Å². The van der Waals surface area contributed by atoms with Gasteiger partial charge in [-0.1, -0.05) is 0 Å². The molecule has 42 valence electrons. The zero-order chi connectivity index (χ0) is 5.82. The van der Waals surface area contributed by atoms with E-state index in [9.17, 15) is 0 Å². The molecule has 0 unspecified atom stereocenters. The monoisotopic (exact) mass is 109 g/mol. The quantitative estimate of drug-likeness (QED) is 0.523. The average Bonchev–Trinajstić information content (AvgIpc) is 2.19. The SMILES string of the molecule is C/N=C/c1cn[nH]c1. The molecule has 0 aliphatic heterocycles. The second kappa shape index (κ2) is 2.26. The first-order chi connectivity index (χ1) is 3.93. The summed E-state index contributed by atoms with van der Waals surface area (Å²) in [6, 6.07) is 0. The van der Waals surface area contributed by atoms with Gasteiger partial charge in [0.25, 0.3) is 0 Å². The summed E-state index contributed by atoms with van der Waals surface area (Å²) < 4.78 is 0. The van der Waals surface area contributed by atoms with Crippen molar-refractivity contribution in [1.29, 1.82) is 0 Å². The first kappa shape index (κ1) is 5.03. The molecule has 0 aliphatic rings. The van der Waals surface area contributed by atoms with Crippen molar-refractivity contribution < 1.29 is 0 Å². The summed E-state index contributed by atoms with van der Waals surface area (Å²) in [4.78, 5) is 3.79. The lowest BCUT2D eigenvalue weighted by atomic mass is 10.4. The molecular weight excluding hydrogens is 102 g/mol. The third-order valence-electron chi connectivity index (χ3n) is 0.798. The van der Waals surface area contributed by atoms with E-state index >= 15 is 0 Å². The highest BCUT2D eigenvalue weighted by Crippen LogP contribution is 1.85. The molecule has 3 nitrogen and oxygen atoms in total. The molecule has 0 fully saturated rings. The van der Waals surface area contributed by atoms with Gasteiger partial charge in [0.15, 0.2) is 0 Å². The summed E-state index contributed by atoms with van der Waals surface area (Å²) in [5.41, 5.74) is 1.01. The van der Waals surface area contributed by atoms with Gasteiger partial charge in [0, 0.05) is 25.0 Å². The van der Waals surface area contributed by atoms with Gasteiger partial charge in [0.05, 0.1) is 6.20 Å². The fourth-order valence-electron chi connectivity index (χ4n) is 0.481. The van der Waals surface area contributed by atoms with Crippen molar-refractivity contribution in [3.8, 4) is 0 Å². The first-order valence-electron chi connectivity index (χ1n) is 2.34. The van der Waals surface area contributed by atoms with E-state index in [1.54, 1.807) is 25.7 Å². The number of H-pyrrole nitrogens is 1. The minimum atomic E-state index is 1.01. The number of aromatic amines is 1. The number of hydrogen-bond acceptors (Lipinski definition) is 2. The predicted octanol–water partition coefficient (Wildman–Crippen LogP) is 0.458. The molecule has 0 bridgehead atoms. The van der Waals surface area contributed by atoms with Crippen LogP contribution in [0.3, 0.4) is 0 Å². The highest BCUT2D eigenvalue weighted by molar-refractivity contribution is 5.78. The Morgan fingerprint density at radius 1 is 1.88 bits per heavy atom. The van der Waals surface area contributed by atoms with E-state index in [2.05, 4.69) is 15.2 Å². The maximum Gasteiger partial charge on any atom is 0.0575 e. The molecule has 0 amide bonds. The lowest BCUT2D eigenvalue weighted by Gasteiger charge is -1.72. The molecule has 0 radical (unpaired) electrons. The Morgan fingerprint density at radius 2 is 2.75 bits per heavy atom. The second-order valence-electron chi connectivity index (χ2n) is 1.42. The van der Waals surface area contributed by atoms with Gasteiger partial charge in [0.1, 0.15) is 0 Å². The van der Waals surface area contributed by atoms with Crippen LogP contribution < -0.4 is 0 Å². The van der Waals surface area contributed by atoms with E-state index in [1.165, 1.54) is 0 Å². The van der Waals surface area contributed by atoms with Gasteiger partial charge in [-0.2, -0.15) is 5.10 Å². The molecule has 0 saturated carbocycles. The Morgan fingerprint density at radius 3 is 3.25 bits per heavy atom. The van der Waals surface area contributed by atoms with Gasteiger partial charge in [-0.15, -0.1) is 0 Å². The van der Waals surface area contributed by atoms with Crippen molar-refractivity contribution in [2.45, 2.75) is 0 Å². The van der Waals surface area contributed by atoms with Crippen LogP contribution in [0.2, 0.25) is 0 Å². The third kappa shape index (κ3) is 0.932. The summed E-state index contributed by atoms with van der Waals surface area (Å²) in [6.07, 6.45) is 5.24. The van der Waals surface area contributed by atoms with Crippen LogP contribution in [0.4, 0.5) is 0 Å². The van der Waals surface area contributed by atoms with Crippen molar-refractivity contribution in [2.75, 3.05) is 7.05 Å². The van der Waals surface area contributed by atoms with Gasteiger partial charge >= 0.3 is 0 Å². The molecule has 1 heterocycles. The van der Waals surface area contributed by atoms with Gasteiger partial charge in [-0.25, -0.2) is 0 Å². The largest absolute Gasteiger partial charge is 0.296 e. The molecule has 3 heteroatoms. The molecule has 0 atom stereocenters. The Hall–Kier alpha value is -1.12. The van der Waals surface area contributed by atoms with E-state index in [4.69, 9.17) is 0 Å². The van der Waals surface area contributed by atoms with Crippen LogP contribution in [0.5, 0.6) is 0 Å². The number of hydrogen-bond donors (Lipinski definition) is 1. The number of nitrogens with one attached hydrogen (secondary N) is 1. The number of aromatic nitrogens is 2. The maximum absolute atomic E-state index is 3.79. The Balaban J connectivity index is 2.77. The summed E-state index contributed by atoms with van der Waals surface area (Å²) in [6.45, 7) is 0. The first-order valence-corrected chi connectivity index (χ1v) is 2.34. The van der Waals surface area contributed by atoms with E-state index in [0.29, 0.717) is 0 Å². The van der Waals surface area contributed by atoms with Crippen LogP contribution in [0.15, 0.2) is 17.4 Å². The lowest BCUT2D eigenvalue weighted by Crippen LogP contribution is -1.70. The maximum atomic E-state index is 3.79. The smallest absolute Gasteiger partial charge is 0.0575 e. The van der Waals surface area contributed by atoms with Crippen molar-refractivity contribution in [2.24, 2.45) is 4.99 Å². The standard InChI is InChI=1S/C5H7N3/c1-6-2-5-3-7-8-4-5/h2-4H,1H3,(H,7,8)/b6-2+. The van der Waals surface area contributed by atoms with Crippen molar-refractivity contribution in [3.63, 3.8) is 0 Å². The van der Waals surface area contributed by atoms with Crippen LogP contribution in [0.1, 0.15) is 5.56 Å². The van der Waals surface area contributed by atoms with Gasteiger partial charge < -0.3 is 0 Å². The second-order valence-corrected chi connectivity index (χ2v) is 1.42. The van der Waals surface area contributed by atoms with Gasteiger partial charge in [-0.05, 0) is 0 Å². The van der Waals surface area contributed by atoms with Gasteiger partial charge in [0.2, 0.25) is 0 Å². The van der Waals surface area contributed by atoms with Gasteiger partial charge in [-0.3, -0.25) is 10.1 Å². The topological polar surface area (TPSA) is 41.0 Å². The molecular formula is C5H7N3. The highest BCUT2D eigenvalue weighted by atomic mass is 15.1. The average molecular weight is 109 g/mol. The van der Waals surface area contributed by atoms with Crippen LogP contribution in [0.25, 0.3) is 0 Å². The lowest BCUT2D eigenvalue weighted by molar-refractivity contribution is 1.09. The van der Waals surface area contributed by atoms with Crippen LogP contribution >= 0.6 is 0 Å². The molecule has 1 aromatic heterocycles. The third-order valence-corrected chi connectivity index (χ3v) is 0.798. The van der Waals surface area contributed by atoms with E-state index < -0.39 is 0 Å². The van der Waals surface area contributed by atoms with Crippen LogP contribution in [-0.2, 0) is 0 Å². The zero-order valence-electron chi connectivity index (χ0n) is 4.63. The van der Waals surface area contributed by atoms with Crippen LogP contribution in [0, 0.1) is 0 Å². The Labute approximate surface area is 47.5 Å². The minimum Gasteiger partial charge on any atom is -0.296 e. The van der Waals surface area contributed by atoms with Crippen molar-refractivity contribution in [1.82, 2.24) is 10.2 Å². The molecule has 1 aromatic rings. The Bertz CT molecular complexity index is 164. The number of nitrogens with zero attached hydrogens (tertiary/aromatic N) is 2.